The fraction of sp³-hybridized carbons (Fsp3) is 0.808. The summed E-state index contributed by atoms with van der Waals surface area (Å²) in [5.74, 6) is -2.32. The lowest BCUT2D eigenvalue weighted by Gasteiger charge is -2.38. The quantitative estimate of drug-likeness (QED) is 0.146. The smallest absolute Gasteiger partial charge is 0.312 e. The molecular weight excluding hydrogens is 546 g/mol. The van der Waals surface area contributed by atoms with Gasteiger partial charge in [-0.15, -0.1) is 6.58 Å². The highest BCUT2D eigenvalue weighted by atomic mass is 79.9. The maximum atomic E-state index is 14.3. The molecule has 10 nitrogen and oxygen atoms in total. The number of hydrogen-bond donors (Lipinski definition) is 1. The van der Waals surface area contributed by atoms with E-state index in [2.05, 4.69) is 27.4 Å². The Balaban J connectivity index is 1.62. The van der Waals surface area contributed by atoms with Crippen LogP contribution in [0, 0.1) is 11.8 Å². The van der Waals surface area contributed by atoms with E-state index >= 15 is 0 Å². The summed E-state index contributed by atoms with van der Waals surface area (Å²) in [6.07, 6.45) is 3.68. The van der Waals surface area contributed by atoms with Gasteiger partial charge in [0, 0.05) is 50.7 Å². The van der Waals surface area contributed by atoms with Gasteiger partial charge in [-0.05, 0) is 32.6 Å². The van der Waals surface area contributed by atoms with E-state index in [1.54, 1.807) is 22.8 Å². The van der Waals surface area contributed by atoms with E-state index in [0.29, 0.717) is 58.7 Å². The van der Waals surface area contributed by atoms with Crippen LogP contribution in [0.15, 0.2) is 12.7 Å². The predicted molar refractivity (Wildman–Crippen MR) is 139 cm³/mol. The van der Waals surface area contributed by atoms with Gasteiger partial charge in [-0.1, -0.05) is 22.0 Å². The average Bonchev–Trinajstić information content (AvgIpc) is 3.48. The van der Waals surface area contributed by atoms with Crippen molar-refractivity contribution in [1.82, 2.24) is 14.7 Å². The number of unbranched alkanes of at least 4 members (excludes halogenated alkanes) is 2. The molecule has 4 aliphatic heterocycles. The van der Waals surface area contributed by atoms with Crippen molar-refractivity contribution in [3.63, 3.8) is 0 Å². The first-order valence-corrected chi connectivity index (χ1v) is 14.4. The number of likely N-dealkylation sites (tertiary alicyclic amines) is 1. The third-order valence-corrected chi connectivity index (χ3v) is 8.93. The second kappa shape index (κ2) is 12.5. The van der Waals surface area contributed by atoms with Crippen LogP contribution in [0.4, 0.5) is 0 Å². The third-order valence-electron chi connectivity index (χ3n) is 8.09. The van der Waals surface area contributed by atoms with E-state index in [-0.39, 0.29) is 29.9 Å². The lowest BCUT2D eigenvalue weighted by atomic mass is 9.70. The zero-order valence-electron chi connectivity index (χ0n) is 21.7. The second-order valence-corrected chi connectivity index (χ2v) is 11.4. The molecule has 4 aliphatic rings. The summed E-state index contributed by atoms with van der Waals surface area (Å²) in [6.45, 7) is 10.8. The highest BCUT2D eigenvalue weighted by Gasteiger charge is 2.77. The molecule has 0 aliphatic carbocycles. The van der Waals surface area contributed by atoms with Crippen LogP contribution < -0.4 is 0 Å². The molecule has 6 atom stereocenters. The number of ether oxygens (including phenoxy) is 3. The van der Waals surface area contributed by atoms with Gasteiger partial charge in [-0.3, -0.25) is 19.3 Å². The SMILES string of the molecule is C=CCN(CCN1CCOCC1)C(=O)[C@H]1N(CCCCCO)C(=O)[C@@H]2[C@@H](C(=O)OCC)[C@@H]3O[C@@]21CC3Br. The molecule has 1 N–H and O–H groups in total. The molecule has 4 fully saturated rings. The Morgan fingerprint density at radius 3 is 2.70 bits per heavy atom. The number of carbonyl (C=O) groups is 3. The minimum atomic E-state index is -1.08. The molecular formula is C26H40BrN3O7. The predicted octanol–water partition coefficient (Wildman–Crippen LogP) is 0.807. The molecule has 4 saturated heterocycles. The van der Waals surface area contributed by atoms with Gasteiger partial charge in [0.05, 0.1) is 37.8 Å². The molecule has 0 aromatic rings. The van der Waals surface area contributed by atoms with Crippen molar-refractivity contribution in [1.29, 1.82) is 0 Å². The average molecular weight is 587 g/mol. The molecule has 37 heavy (non-hydrogen) atoms. The Labute approximate surface area is 227 Å². The minimum absolute atomic E-state index is 0.0819. The van der Waals surface area contributed by atoms with Crippen LogP contribution in [0.25, 0.3) is 0 Å². The number of nitrogens with zero attached hydrogens (tertiary/aromatic N) is 3. The number of aliphatic hydroxyl groups is 1. The number of carbonyl (C=O) groups excluding carboxylic acids is 3. The fourth-order valence-electron chi connectivity index (χ4n) is 6.44. The van der Waals surface area contributed by atoms with Crippen LogP contribution in [0.2, 0.25) is 0 Å². The number of amides is 2. The molecule has 2 bridgehead atoms. The summed E-state index contributed by atoms with van der Waals surface area (Å²) in [5, 5.41) is 9.20. The first kappa shape index (κ1) is 28.5. The van der Waals surface area contributed by atoms with Crippen LogP contribution in [-0.4, -0.2) is 126 Å². The van der Waals surface area contributed by atoms with Gasteiger partial charge in [-0.25, -0.2) is 0 Å². The number of fused-ring (bicyclic) bond motifs is 1. The number of halogens is 1. The number of rotatable bonds is 13. The third kappa shape index (κ3) is 5.48. The summed E-state index contributed by atoms with van der Waals surface area (Å²) in [6, 6.07) is -0.826. The number of alkyl halides is 1. The molecule has 1 spiro atoms. The Bertz CT molecular complexity index is 854. The van der Waals surface area contributed by atoms with Crippen LogP contribution in [-0.2, 0) is 28.6 Å². The number of morpholine rings is 1. The minimum Gasteiger partial charge on any atom is -0.466 e. The number of aliphatic hydroxyl groups excluding tert-OH is 1. The van der Waals surface area contributed by atoms with Crippen molar-refractivity contribution in [3.05, 3.63) is 12.7 Å². The van der Waals surface area contributed by atoms with Crippen molar-refractivity contribution >= 4 is 33.7 Å². The van der Waals surface area contributed by atoms with E-state index in [0.717, 1.165) is 19.5 Å². The first-order valence-electron chi connectivity index (χ1n) is 13.5. The zero-order chi connectivity index (χ0) is 26.6. The fourth-order valence-corrected chi connectivity index (χ4v) is 7.38. The van der Waals surface area contributed by atoms with E-state index in [4.69, 9.17) is 14.2 Å². The number of hydrogen-bond acceptors (Lipinski definition) is 8. The van der Waals surface area contributed by atoms with Gasteiger partial charge in [-0.2, -0.15) is 0 Å². The maximum absolute atomic E-state index is 14.3. The van der Waals surface area contributed by atoms with E-state index in [9.17, 15) is 19.5 Å². The lowest BCUT2D eigenvalue weighted by molar-refractivity contribution is -0.154. The maximum Gasteiger partial charge on any atom is 0.312 e. The Kier molecular flexibility index (Phi) is 9.66. The molecule has 1 unspecified atom stereocenters. The molecule has 4 heterocycles. The molecule has 0 aromatic carbocycles. The molecule has 0 radical (unpaired) electrons. The molecule has 11 heteroatoms. The van der Waals surface area contributed by atoms with Gasteiger partial charge in [0.15, 0.2) is 0 Å². The highest BCUT2D eigenvalue weighted by molar-refractivity contribution is 9.09. The lowest BCUT2D eigenvalue weighted by Crippen LogP contribution is -2.57. The molecule has 2 amide bonds. The van der Waals surface area contributed by atoms with Crippen LogP contribution in [0.5, 0.6) is 0 Å². The Morgan fingerprint density at radius 1 is 1.27 bits per heavy atom. The first-order chi connectivity index (χ1) is 17.9. The number of esters is 1. The van der Waals surface area contributed by atoms with Crippen molar-refractivity contribution in [2.45, 2.75) is 55.2 Å². The summed E-state index contributed by atoms with van der Waals surface area (Å²) in [7, 11) is 0. The standard InChI is InChI=1S/C26H40BrN3O7/c1-3-8-29(11-10-28-12-15-35-16-13-28)24(33)22-26-17-18(27)21(37-26)19(25(34)36-4-2)20(26)23(32)30(22)9-6-5-7-14-31/h3,18-22,31H,1,4-17H2,2H3/t18?,19-,20+,21-,22-,26+/m1/s1. The van der Waals surface area contributed by atoms with Crippen LogP contribution >= 0.6 is 15.9 Å². The van der Waals surface area contributed by atoms with Crippen molar-refractivity contribution in [3.8, 4) is 0 Å². The van der Waals surface area contributed by atoms with E-state index < -0.39 is 35.6 Å². The molecule has 4 rings (SSSR count). The van der Waals surface area contributed by atoms with Crippen molar-refractivity contribution in [2.24, 2.45) is 11.8 Å². The summed E-state index contributed by atoms with van der Waals surface area (Å²) < 4.78 is 17.3. The van der Waals surface area contributed by atoms with E-state index in [1.807, 2.05) is 0 Å². The zero-order valence-corrected chi connectivity index (χ0v) is 23.3. The van der Waals surface area contributed by atoms with Gasteiger partial charge in [0.2, 0.25) is 11.8 Å². The van der Waals surface area contributed by atoms with E-state index in [1.165, 1.54) is 0 Å². The summed E-state index contributed by atoms with van der Waals surface area (Å²) in [5.41, 5.74) is -1.08. The van der Waals surface area contributed by atoms with Gasteiger partial charge < -0.3 is 29.1 Å². The highest BCUT2D eigenvalue weighted by Crippen LogP contribution is 2.60. The Morgan fingerprint density at radius 2 is 2.03 bits per heavy atom. The van der Waals surface area contributed by atoms with Gasteiger partial charge in [0.25, 0.3) is 0 Å². The van der Waals surface area contributed by atoms with Crippen LogP contribution in [0.1, 0.15) is 32.6 Å². The van der Waals surface area contributed by atoms with Crippen molar-refractivity contribution in [2.75, 3.05) is 65.7 Å². The van der Waals surface area contributed by atoms with Gasteiger partial charge in [0.1, 0.15) is 11.6 Å². The van der Waals surface area contributed by atoms with Gasteiger partial charge >= 0.3 is 5.97 Å². The second-order valence-electron chi connectivity index (χ2n) is 10.3. The monoisotopic (exact) mass is 585 g/mol. The normalized spacial score (nSPS) is 33.0. The molecule has 0 aromatic heterocycles. The Hall–Kier alpha value is -1.53. The van der Waals surface area contributed by atoms with Crippen molar-refractivity contribution < 1.29 is 33.7 Å². The largest absolute Gasteiger partial charge is 0.466 e. The van der Waals surface area contributed by atoms with Crippen LogP contribution in [0.3, 0.4) is 0 Å². The summed E-state index contributed by atoms with van der Waals surface area (Å²) in [4.78, 5) is 46.7. The molecule has 208 valence electrons. The topological polar surface area (TPSA) is 109 Å². The summed E-state index contributed by atoms with van der Waals surface area (Å²) >= 11 is 3.68. The molecule has 0 saturated carbocycles.